The zero-order valence-electron chi connectivity index (χ0n) is 15.6. The number of phenolic OH excluding ortho intramolecular Hbond substituents is 2. The van der Waals surface area contributed by atoms with E-state index in [-0.39, 0.29) is 17.3 Å². The summed E-state index contributed by atoms with van der Waals surface area (Å²) in [4.78, 5) is 12.4. The van der Waals surface area contributed by atoms with Crippen LogP contribution < -0.4 is 4.74 Å². The highest BCUT2D eigenvalue weighted by atomic mass is 16.5. The fourth-order valence-corrected chi connectivity index (χ4v) is 2.99. The summed E-state index contributed by atoms with van der Waals surface area (Å²) in [6, 6.07) is 8.07. The van der Waals surface area contributed by atoms with Gasteiger partial charge >= 0.3 is 0 Å². The Morgan fingerprint density at radius 2 is 1.65 bits per heavy atom. The van der Waals surface area contributed by atoms with Gasteiger partial charge in [0.15, 0.2) is 5.78 Å². The van der Waals surface area contributed by atoms with Crippen LogP contribution in [0.15, 0.2) is 36.4 Å². The number of aromatic hydroxyl groups is 2. The Hall–Kier alpha value is -2.75. The zero-order valence-corrected chi connectivity index (χ0v) is 15.6. The Bertz CT molecular complexity index is 789. The quantitative estimate of drug-likeness (QED) is 0.522. The summed E-state index contributed by atoms with van der Waals surface area (Å²) in [5, 5.41) is 20.0. The molecule has 0 amide bonds. The fraction of sp³-hybridized carbons (Fsp3) is 0.318. The Kier molecular flexibility index (Phi) is 6.84. The van der Waals surface area contributed by atoms with Gasteiger partial charge in [-0.25, -0.2) is 0 Å². The molecule has 138 valence electrons. The summed E-state index contributed by atoms with van der Waals surface area (Å²) >= 11 is 0. The second kappa shape index (κ2) is 9.09. The molecule has 4 nitrogen and oxygen atoms in total. The van der Waals surface area contributed by atoms with Gasteiger partial charge in [0, 0.05) is 5.56 Å². The van der Waals surface area contributed by atoms with Crippen LogP contribution in [0.4, 0.5) is 0 Å². The Morgan fingerprint density at radius 3 is 2.23 bits per heavy atom. The highest BCUT2D eigenvalue weighted by Gasteiger charge is 2.16. The van der Waals surface area contributed by atoms with Gasteiger partial charge in [-0.2, -0.15) is 0 Å². The van der Waals surface area contributed by atoms with Crippen LogP contribution in [0.3, 0.4) is 0 Å². The summed E-state index contributed by atoms with van der Waals surface area (Å²) in [6.07, 6.45) is 6.52. The standard InChI is InChI=1S/C22H26O4/c1-4-6-16-14-17(7-5-2)22(26-3)19(21(16)25)12-13-20(24)15-8-10-18(23)11-9-15/h8-14,23,25H,4-7H2,1-3H3/b13-12+. The van der Waals surface area contributed by atoms with Crippen LogP contribution in [0.2, 0.25) is 0 Å². The second-order valence-corrected chi connectivity index (χ2v) is 6.23. The van der Waals surface area contributed by atoms with Gasteiger partial charge in [-0.1, -0.05) is 26.7 Å². The Balaban J connectivity index is 2.45. The molecule has 0 aromatic heterocycles. The number of hydrogen-bond acceptors (Lipinski definition) is 4. The third-order valence-electron chi connectivity index (χ3n) is 4.24. The van der Waals surface area contributed by atoms with Crippen molar-refractivity contribution in [2.75, 3.05) is 7.11 Å². The maximum atomic E-state index is 12.4. The van der Waals surface area contributed by atoms with Crippen molar-refractivity contribution in [2.45, 2.75) is 39.5 Å². The lowest BCUT2D eigenvalue weighted by Crippen LogP contribution is -2.00. The topological polar surface area (TPSA) is 66.8 Å². The van der Waals surface area contributed by atoms with Crippen molar-refractivity contribution in [2.24, 2.45) is 0 Å². The van der Waals surface area contributed by atoms with E-state index in [0.717, 1.165) is 36.8 Å². The molecule has 2 aromatic carbocycles. The van der Waals surface area contributed by atoms with Crippen LogP contribution in [0.1, 0.15) is 53.7 Å². The van der Waals surface area contributed by atoms with Gasteiger partial charge < -0.3 is 14.9 Å². The fourth-order valence-electron chi connectivity index (χ4n) is 2.99. The van der Waals surface area contributed by atoms with Crippen molar-refractivity contribution in [3.63, 3.8) is 0 Å². The van der Waals surface area contributed by atoms with Crippen molar-refractivity contribution in [1.82, 2.24) is 0 Å². The molecule has 0 saturated carbocycles. The van der Waals surface area contributed by atoms with Gasteiger partial charge in [-0.05, 0) is 66.5 Å². The predicted octanol–water partition coefficient (Wildman–Crippen LogP) is 4.91. The van der Waals surface area contributed by atoms with Gasteiger partial charge in [0.05, 0.1) is 12.7 Å². The summed E-state index contributed by atoms with van der Waals surface area (Å²) in [5.41, 5.74) is 2.91. The predicted molar refractivity (Wildman–Crippen MR) is 104 cm³/mol. The minimum atomic E-state index is -0.204. The molecular weight excluding hydrogens is 328 g/mol. The molecule has 0 heterocycles. The SMILES string of the molecule is CCCc1cc(CCC)c(OC)c(/C=C/C(=O)c2ccc(O)cc2)c1O. The average Bonchev–Trinajstić information content (AvgIpc) is 2.63. The van der Waals surface area contributed by atoms with E-state index >= 15 is 0 Å². The van der Waals surface area contributed by atoms with Crippen molar-refractivity contribution in [3.8, 4) is 17.2 Å². The van der Waals surface area contributed by atoms with Gasteiger partial charge in [0.2, 0.25) is 0 Å². The van der Waals surface area contributed by atoms with Gasteiger partial charge in [-0.15, -0.1) is 0 Å². The van der Waals surface area contributed by atoms with Crippen molar-refractivity contribution >= 4 is 11.9 Å². The molecule has 0 atom stereocenters. The molecule has 2 N–H and O–H groups in total. The third-order valence-corrected chi connectivity index (χ3v) is 4.24. The molecule has 0 spiro atoms. The average molecular weight is 354 g/mol. The molecule has 0 radical (unpaired) electrons. The normalized spacial score (nSPS) is 11.0. The number of hydrogen-bond donors (Lipinski definition) is 2. The molecule has 0 fully saturated rings. The smallest absolute Gasteiger partial charge is 0.185 e. The number of allylic oxidation sites excluding steroid dienone is 1. The van der Waals surface area contributed by atoms with E-state index in [1.165, 1.54) is 18.2 Å². The summed E-state index contributed by atoms with van der Waals surface area (Å²) in [5.74, 6) is 0.683. The molecule has 2 aromatic rings. The van der Waals surface area contributed by atoms with Gasteiger partial charge in [-0.3, -0.25) is 4.79 Å². The minimum absolute atomic E-state index is 0.112. The molecule has 0 saturated heterocycles. The first kappa shape index (κ1) is 19.6. The first-order valence-corrected chi connectivity index (χ1v) is 8.94. The number of methoxy groups -OCH3 is 1. The maximum absolute atomic E-state index is 12.4. The first-order valence-electron chi connectivity index (χ1n) is 8.94. The van der Waals surface area contributed by atoms with E-state index in [1.54, 1.807) is 25.3 Å². The van der Waals surface area contributed by atoms with Crippen LogP contribution in [-0.4, -0.2) is 23.1 Å². The zero-order chi connectivity index (χ0) is 19.1. The van der Waals surface area contributed by atoms with E-state index in [9.17, 15) is 15.0 Å². The number of ketones is 1. The molecule has 0 aliphatic carbocycles. The van der Waals surface area contributed by atoms with Gasteiger partial charge in [0.25, 0.3) is 0 Å². The number of rotatable bonds is 8. The molecule has 0 aliphatic heterocycles. The van der Waals surface area contributed by atoms with Gasteiger partial charge in [0.1, 0.15) is 17.2 Å². The Labute approximate surface area is 154 Å². The molecule has 4 heteroatoms. The number of ether oxygens (including phenoxy) is 1. The van der Waals surface area contributed by atoms with E-state index in [4.69, 9.17) is 4.74 Å². The third kappa shape index (κ3) is 4.45. The van der Waals surface area contributed by atoms with E-state index < -0.39 is 0 Å². The van der Waals surface area contributed by atoms with E-state index in [2.05, 4.69) is 13.8 Å². The van der Waals surface area contributed by atoms with E-state index in [1.807, 2.05) is 6.07 Å². The number of phenols is 2. The summed E-state index contributed by atoms with van der Waals surface area (Å²) in [7, 11) is 1.58. The maximum Gasteiger partial charge on any atom is 0.185 e. The molecule has 2 rings (SSSR count). The van der Waals surface area contributed by atoms with Crippen molar-refractivity contribution in [1.29, 1.82) is 0 Å². The second-order valence-electron chi connectivity index (χ2n) is 6.23. The first-order chi connectivity index (χ1) is 12.5. The highest BCUT2D eigenvalue weighted by Crippen LogP contribution is 2.37. The number of carbonyl (C=O) groups is 1. The van der Waals surface area contributed by atoms with Crippen LogP contribution in [0, 0.1) is 0 Å². The molecule has 26 heavy (non-hydrogen) atoms. The lowest BCUT2D eigenvalue weighted by Gasteiger charge is -2.16. The highest BCUT2D eigenvalue weighted by molar-refractivity contribution is 6.07. The van der Waals surface area contributed by atoms with Crippen LogP contribution in [0.25, 0.3) is 6.08 Å². The van der Waals surface area contributed by atoms with Crippen LogP contribution >= 0.6 is 0 Å². The lowest BCUT2D eigenvalue weighted by molar-refractivity contribution is 0.104. The van der Waals surface area contributed by atoms with Crippen LogP contribution in [0.5, 0.6) is 17.2 Å². The molecule has 0 aliphatic rings. The summed E-state index contributed by atoms with van der Waals surface area (Å²) in [6.45, 7) is 4.16. The monoisotopic (exact) mass is 354 g/mol. The van der Waals surface area contributed by atoms with E-state index in [0.29, 0.717) is 16.9 Å². The molecule has 0 bridgehead atoms. The molecular formula is C22H26O4. The summed E-state index contributed by atoms with van der Waals surface area (Å²) < 4.78 is 5.54. The van der Waals surface area contributed by atoms with Crippen LogP contribution in [-0.2, 0) is 12.8 Å². The number of carbonyl (C=O) groups excluding carboxylic acids is 1. The van der Waals surface area contributed by atoms with Crippen molar-refractivity contribution < 1.29 is 19.7 Å². The minimum Gasteiger partial charge on any atom is -0.508 e. The Morgan fingerprint density at radius 1 is 1.04 bits per heavy atom. The number of benzene rings is 2. The molecule has 0 unspecified atom stereocenters. The largest absolute Gasteiger partial charge is 0.508 e. The lowest BCUT2D eigenvalue weighted by atomic mass is 9.96. The number of aryl methyl sites for hydroxylation is 2. The van der Waals surface area contributed by atoms with Crippen molar-refractivity contribution in [3.05, 3.63) is 58.7 Å².